The lowest BCUT2D eigenvalue weighted by atomic mass is 10.3. The second-order valence-electron chi connectivity index (χ2n) is 5.53. The van der Waals surface area contributed by atoms with Crippen molar-refractivity contribution in [2.24, 2.45) is 7.05 Å². The molecule has 4 nitrogen and oxygen atoms in total. The number of halogens is 1. The zero-order valence-corrected chi connectivity index (χ0v) is 15.6. The highest BCUT2D eigenvalue weighted by Crippen LogP contribution is 2.04. The largest absolute Gasteiger partial charge is 1.00 e. The lowest BCUT2D eigenvalue weighted by Crippen LogP contribution is -3.00. The summed E-state index contributed by atoms with van der Waals surface area (Å²) < 4.78 is 4.28. The van der Waals surface area contributed by atoms with Crippen molar-refractivity contribution >= 4 is 0 Å². The lowest BCUT2D eigenvalue weighted by Gasteiger charge is -2.17. The van der Waals surface area contributed by atoms with E-state index in [9.17, 15) is 0 Å². The van der Waals surface area contributed by atoms with Crippen LogP contribution >= 0.6 is 0 Å². The highest BCUT2D eigenvalue weighted by Gasteiger charge is 2.05. The Hall–Kier alpha value is -0.970. The summed E-state index contributed by atoms with van der Waals surface area (Å²) in [5.41, 5.74) is 0. The Bertz CT molecular complexity index is 389. The van der Waals surface area contributed by atoms with Gasteiger partial charge in [0.25, 0.3) is 0 Å². The molecule has 0 fully saturated rings. The summed E-state index contributed by atoms with van der Waals surface area (Å²) in [5, 5.41) is 0. The standard InChI is InChI=1S/C8H16N2.C8H15N2.BrH/c2*1-3-4-5-10-7-6-9(2)8-10;/h6-7H,3-5,8H2,1-2H3;6-8H,3-5H2,1-2H3;1H/q;+1;/p-1. The van der Waals surface area contributed by atoms with Crippen LogP contribution in [0.3, 0.4) is 0 Å². The number of rotatable bonds is 6. The molecule has 0 N–H and O–H groups in total. The van der Waals surface area contributed by atoms with Crippen LogP contribution in [-0.4, -0.2) is 34.6 Å². The average Bonchev–Trinajstić information content (AvgIpc) is 3.03. The number of hydrogen-bond acceptors (Lipinski definition) is 2. The molecule has 0 unspecified atom stereocenters. The summed E-state index contributed by atoms with van der Waals surface area (Å²) in [7, 11) is 4.14. The van der Waals surface area contributed by atoms with Gasteiger partial charge in [0.05, 0.1) is 20.3 Å². The van der Waals surface area contributed by atoms with Crippen molar-refractivity contribution in [2.45, 2.75) is 46.1 Å². The second-order valence-corrected chi connectivity index (χ2v) is 5.53. The van der Waals surface area contributed by atoms with E-state index in [0.717, 1.165) is 13.2 Å². The number of hydrogen-bond donors (Lipinski definition) is 0. The summed E-state index contributed by atoms with van der Waals surface area (Å²) in [6.45, 7) is 7.86. The topological polar surface area (TPSA) is 15.3 Å². The summed E-state index contributed by atoms with van der Waals surface area (Å²) in [6.07, 6.45) is 15.7. The summed E-state index contributed by atoms with van der Waals surface area (Å²) in [6, 6.07) is 0. The SMILES string of the molecule is CCCCN1C=CN(C)C1.CCCCn1cc[n+](C)c1.[Br-]. The maximum absolute atomic E-state index is 2.34. The van der Waals surface area contributed by atoms with Crippen LogP contribution in [0.25, 0.3) is 0 Å². The van der Waals surface area contributed by atoms with Gasteiger partial charge < -0.3 is 26.8 Å². The van der Waals surface area contributed by atoms with Crippen molar-refractivity contribution in [3.8, 4) is 0 Å². The maximum Gasteiger partial charge on any atom is 0.243 e. The first-order valence-electron chi connectivity index (χ1n) is 7.79. The minimum Gasteiger partial charge on any atom is -1.00 e. The molecule has 1 aliphatic rings. The summed E-state index contributed by atoms with van der Waals surface area (Å²) >= 11 is 0. The molecule has 0 atom stereocenters. The first-order valence-corrected chi connectivity index (χ1v) is 7.79. The Morgan fingerprint density at radius 3 is 2.19 bits per heavy atom. The molecule has 0 saturated heterocycles. The molecule has 2 rings (SSSR count). The smallest absolute Gasteiger partial charge is 0.243 e. The number of nitrogens with zero attached hydrogens (tertiary/aromatic N) is 4. The lowest BCUT2D eigenvalue weighted by molar-refractivity contribution is -0.671. The van der Waals surface area contributed by atoms with E-state index in [1.807, 2.05) is 7.05 Å². The van der Waals surface area contributed by atoms with Crippen LogP contribution in [0.2, 0.25) is 0 Å². The van der Waals surface area contributed by atoms with Crippen molar-refractivity contribution < 1.29 is 21.5 Å². The van der Waals surface area contributed by atoms with Gasteiger partial charge in [0.2, 0.25) is 6.33 Å². The van der Waals surface area contributed by atoms with Crippen LogP contribution in [-0.2, 0) is 13.6 Å². The van der Waals surface area contributed by atoms with Crippen LogP contribution < -0.4 is 21.5 Å². The minimum absolute atomic E-state index is 0. The predicted molar refractivity (Wildman–Crippen MR) is 83.9 cm³/mol. The van der Waals surface area contributed by atoms with Gasteiger partial charge in [-0.15, -0.1) is 0 Å². The average molecular weight is 359 g/mol. The van der Waals surface area contributed by atoms with E-state index >= 15 is 0 Å². The molecule has 1 aliphatic heterocycles. The third-order valence-corrected chi connectivity index (χ3v) is 3.33. The fraction of sp³-hybridized carbons (Fsp3) is 0.688. The molecular weight excluding hydrogens is 328 g/mol. The van der Waals surface area contributed by atoms with Crippen molar-refractivity contribution in [1.29, 1.82) is 0 Å². The molecular formula is C16H31BrN4. The monoisotopic (exact) mass is 358 g/mol. The van der Waals surface area contributed by atoms with Gasteiger partial charge >= 0.3 is 0 Å². The van der Waals surface area contributed by atoms with E-state index in [-0.39, 0.29) is 17.0 Å². The fourth-order valence-corrected chi connectivity index (χ4v) is 2.07. The quantitative estimate of drug-likeness (QED) is 0.641. The normalized spacial score (nSPS) is 13.0. The molecule has 0 aromatic carbocycles. The summed E-state index contributed by atoms with van der Waals surface area (Å²) in [4.78, 5) is 4.53. The summed E-state index contributed by atoms with van der Waals surface area (Å²) in [5.74, 6) is 0. The minimum atomic E-state index is 0. The zero-order chi connectivity index (χ0) is 14.8. The van der Waals surface area contributed by atoms with Gasteiger partial charge in [0, 0.05) is 26.0 Å². The molecule has 0 amide bonds. The molecule has 122 valence electrons. The first-order chi connectivity index (χ1) is 9.65. The maximum atomic E-state index is 2.34. The molecule has 0 spiro atoms. The van der Waals surface area contributed by atoms with Crippen LogP contribution in [0.1, 0.15) is 39.5 Å². The number of aryl methyl sites for hydroxylation is 2. The molecule has 21 heavy (non-hydrogen) atoms. The highest BCUT2D eigenvalue weighted by molar-refractivity contribution is 4.88. The molecule has 0 bridgehead atoms. The number of unbranched alkanes of at least 4 members (excludes halogenated alkanes) is 2. The van der Waals surface area contributed by atoms with Gasteiger partial charge in [-0.2, -0.15) is 0 Å². The van der Waals surface area contributed by atoms with Crippen molar-refractivity contribution in [3.63, 3.8) is 0 Å². The van der Waals surface area contributed by atoms with E-state index in [1.165, 1.54) is 32.2 Å². The van der Waals surface area contributed by atoms with Crippen molar-refractivity contribution in [3.05, 3.63) is 31.1 Å². The van der Waals surface area contributed by atoms with Gasteiger partial charge in [-0.3, -0.25) is 0 Å². The fourth-order valence-electron chi connectivity index (χ4n) is 2.07. The Balaban J connectivity index is 0.000000364. The first kappa shape index (κ1) is 20.0. The van der Waals surface area contributed by atoms with Crippen LogP contribution in [0, 0.1) is 0 Å². The van der Waals surface area contributed by atoms with Gasteiger partial charge in [-0.05, 0) is 12.8 Å². The molecule has 2 heterocycles. The molecule has 0 radical (unpaired) electrons. The molecule has 5 heteroatoms. The van der Waals surface area contributed by atoms with Crippen LogP contribution in [0.5, 0.6) is 0 Å². The van der Waals surface area contributed by atoms with Crippen molar-refractivity contribution in [2.75, 3.05) is 20.3 Å². The van der Waals surface area contributed by atoms with E-state index in [2.05, 4.69) is 71.0 Å². The van der Waals surface area contributed by atoms with E-state index in [0.29, 0.717) is 0 Å². The Kier molecular flexibility index (Phi) is 11.1. The van der Waals surface area contributed by atoms with Crippen LogP contribution in [0.4, 0.5) is 0 Å². The van der Waals surface area contributed by atoms with E-state index < -0.39 is 0 Å². The molecule has 0 saturated carbocycles. The van der Waals surface area contributed by atoms with Crippen LogP contribution in [0.15, 0.2) is 31.1 Å². The third-order valence-electron chi connectivity index (χ3n) is 3.33. The Morgan fingerprint density at radius 1 is 1.05 bits per heavy atom. The zero-order valence-electron chi connectivity index (χ0n) is 14.0. The molecule has 1 aromatic rings. The molecule has 0 aliphatic carbocycles. The number of imidazole rings is 1. The van der Waals surface area contributed by atoms with Gasteiger partial charge in [-0.25, -0.2) is 9.13 Å². The predicted octanol–water partition coefficient (Wildman–Crippen LogP) is -0.421. The third kappa shape index (κ3) is 8.81. The van der Waals surface area contributed by atoms with Gasteiger partial charge in [-0.1, -0.05) is 26.7 Å². The Labute approximate surface area is 140 Å². The van der Waals surface area contributed by atoms with Gasteiger partial charge in [0.15, 0.2) is 0 Å². The van der Waals surface area contributed by atoms with Crippen molar-refractivity contribution in [1.82, 2.24) is 14.4 Å². The Morgan fingerprint density at radius 2 is 1.71 bits per heavy atom. The van der Waals surface area contributed by atoms with E-state index in [4.69, 9.17) is 0 Å². The second kappa shape index (κ2) is 11.7. The number of aromatic nitrogens is 2. The van der Waals surface area contributed by atoms with E-state index in [1.54, 1.807) is 0 Å². The molecule has 1 aromatic heterocycles. The highest BCUT2D eigenvalue weighted by atomic mass is 79.9. The van der Waals surface area contributed by atoms with Gasteiger partial charge in [0.1, 0.15) is 12.4 Å².